The fraction of sp³-hybridized carbons (Fsp3) is 0.917. The molecule has 0 bridgehead atoms. The average Bonchev–Trinajstić information content (AvgIpc) is 2.41. The minimum absolute atomic E-state index is 0.0475. The maximum atomic E-state index is 11.8. The quantitative estimate of drug-likeness (QED) is 0.508. The van der Waals surface area contributed by atoms with E-state index in [1.807, 2.05) is 0 Å². The van der Waals surface area contributed by atoms with Crippen LogP contribution >= 0.6 is 11.6 Å². The summed E-state index contributed by atoms with van der Waals surface area (Å²) >= 11 is 5.54. The first-order valence-corrected chi connectivity index (χ1v) is 6.98. The molecule has 1 saturated heterocycles. The number of ether oxygens (including phenoxy) is 2. The average molecular weight is 300 g/mol. The van der Waals surface area contributed by atoms with Crippen molar-refractivity contribution in [3.63, 3.8) is 0 Å². The van der Waals surface area contributed by atoms with Gasteiger partial charge in [0.2, 0.25) is 5.91 Å². The zero-order chi connectivity index (χ0) is 14.1. The molecule has 1 amide bonds. The van der Waals surface area contributed by atoms with Crippen LogP contribution in [0.2, 0.25) is 0 Å². The van der Waals surface area contributed by atoms with Gasteiger partial charge in [-0.2, -0.15) is 0 Å². The van der Waals surface area contributed by atoms with Gasteiger partial charge >= 0.3 is 0 Å². The molecule has 0 aromatic carbocycles. The summed E-state index contributed by atoms with van der Waals surface area (Å²) in [6.45, 7) is 1.25. The van der Waals surface area contributed by atoms with E-state index in [-0.39, 0.29) is 25.0 Å². The Hall–Kier alpha value is -0.460. The van der Waals surface area contributed by atoms with Gasteiger partial charge in [0, 0.05) is 19.0 Å². The second-order valence-corrected chi connectivity index (χ2v) is 4.73. The van der Waals surface area contributed by atoms with Gasteiger partial charge in [-0.25, -0.2) is 8.78 Å². The summed E-state index contributed by atoms with van der Waals surface area (Å²) in [5.74, 6) is 0.422. The van der Waals surface area contributed by atoms with Gasteiger partial charge in [0.15, 0.2) is 0 Å². The highest BCUT2D eigenvalue weighted by Crippen LogP contribution is 2.14. The van der Waals surface area contributed by atoms with Crippen LogP contribution in [0.25, 0.3) is 0 Å². The number of amides is 1. The Balaban J connectivity index is 2.11. The van der Waals surface area contributed by atoms with Gasteiger partial charge in [-0.05, 0) is 12.8 Å². The van der Waals surface area contributed by atoms with Gasteiger partial charge in [-0.15, -0.1) is 11.6 Å². The molecule has 1 heterocycles. The van der Waals surface area contributed by atoms with Crippen LogP contribution < -0.4 is 0 Å². The molecule has 1 aliphatic heterocycles. The topological polar surface area (TPSA) is 38.8 Å². The van der Waals surface area contributed by atoms with E-state index in [0.29, 0.717) is 25.6 Å². The van der Waals surface area contributed by atoms with Crippen LogP contribution in [0.5, 0.6) is 0 Å². The Morgan fingerprint density at radius 2 is 2.00 bits per heavy atom. The molecule has 19 heavy (non-hydrogen) atoms. The fourth-order valence-corrected chi connectivity index (χ4v) is 2.06. The molecular formula is C12H20ClF2NO3. The van der Waals surface area contributed by atoms with Crippen molar-refractivity contribution in [2.75, 3.05) is 38.8 Å². The number of hydrogen-bond acceptors (Lipinski definition) is 3. The number of carbonyl (C=O) groups is 1. The largest absolute Gasteiger partial charge is 0.377 e. The second kappa shape index (κ2) is 9.44. The molecule has 112 valence electrons. The lowest BCUT2D eigenvalue weighted by atomic mass is 10.1. The molecular weight excluding hydrogens is 280 g/mol. The summed E-state index contributed by atoms with van der Waals surface area (Å²) in [5, 5.41) is 0. The van der Waals surface area contributed by atoms with Crippen molar-refractivity contribution in [3.8, 4) is 0 Å². The van der Waals surface area contributed by atoms with Gasteiger partial charge in [0.05, 0.1) is 25.7 Å². The molecule has 0 spiro atoms. The molecule has 1 rings (SSSR count). The monoisotopic (exact) mass is 299 g/mol. The Kier molecular flexibility index (Phi) is 8.25. The first-order chi connectivity index (χ1) is 9.13. The fourth-order valence-electron chi connectivity index (χ4n) is 1.97. The minimum Gasteiger partial charge on any atom is -0.377 e. The molecule has 4 nitrogen and oxygen atoms in total. The van der Waals surface area contributed by atoms with Crippen molar-refractivity contribution in [1.82, 2.24) is 4.90 Å². The zero-order valence-corrected chi connectivity index (χ0v) is 11.6. The molecule has 0 aromatic heterocycles. The van der Waals surface area contributed by atoms with E-state index in [0.717, 1.165) is 12.8 Å². The number of likely N-dealkylation sites (tertiary alicyclic amines) is 1. The first-order valence-electron chi connectivity index (χ1n) is 6.44. The van der Waals surface area contributed by atoms with Gasteiger partial charge in [-0.1, -0.05) is 0 Å². The van der Waals surface area contributed by atoms with Gasteiger partial charge in [-0.3, -0.25) is 4.79 Å². The predicted octanol–water partition coefficient (Wildman–Crippen LogP) is 1.90. The Morgan fingerprint density at radius 1 is 1.32 bits per heavy atom. The third-order valence-corrected chi connectivity index (χ3v) is 3.08. The summed E-state index contributed by atoms with van der Waals surface area (Å²) in [4.78, 5) is 13.5. The minimum atomic E-state index is -2.48. The van der Waals surface area contributed by atoms with Gasteiger partial charge in [0.25, 0.3) is 6.43 Å². The van der Waals surface area contributed by atoms with E-state index >= 15 is 0 Å². The normalized spacial score (nSPS) is 17.2. The molecule has 7 heteroatoms. The van der Waals surface area contributed by atoms with Crippen molar-refractivity contribution in [2.45, 2.75) is 31.8 Å². The summed E-state index contributed by atoms with van der Waals surface area (Å²) in [6, 6.07) is 0. The van der Waals surface area contributed by atoms with E-state index in [9.17, 15) is 13.6 Å². The number of hydrogen-bond donors (Lipinski definition) is 0. The standard InChI is InChI=1S/C12H20ClF2NO3/c13-4-8-19-10-1-5-16(6-2-10)12(17)3-7-18-9-11(14)15/h10-11H,1-9H2. The van der Waals surface area contributed by atoms with Crippen LogP contribution in [-0.4, -0.2) is 62.1 Å². The van der Waals surface area contributed by atoms with Crippen LogP contribution in [0.3, 0.4) is 0 Å². The Bertz CT molecular complexity index is 261. The maximum absolute atomic E-state index is 11.8. The van der Waals surface area contributed by atoms with Crippen molar-refractivity contribution >= 4 is 17.5 Å². The summed E-state index contributed by atoms with van der Waals surface area (Å²) in [6.07, 6.45) is -0.580. The van der Waals surface area contributed by atoms with E-state index in [1.165, 1.54) is 0 Å². The number of nitrogens with zero attached hydrogens (tertiary/aromatic N) is 1. The first kappa shape index (κ1) is 16.6. The Morgan fingerprint density at radius 3 is 2.58 bits per heavy atom. The SMILES string of the molecule is O=C(CCOCC(F)F)N1CCC(OCCCl)CC1. The van der Waals surface area contributed by atoms with Crippen LogP contribution in [0, 0.1) is 0 Å². The van der Waals surface area contributed by atoms with Gasteiger partial charge < -0.3 is 14.4 Å². The number of carbonyl (C=O) groups excluding carboxylic acids is 1. The van der Waals surface area contributed by atoms with Crippen LogP contribution in [0.4, 0.5) is 8.78 Å². The van der Waals surface area contributed by atoms with E-state index in [4.69, 9.17) is 21.1 Å². The summed E-state index contributed by atoms with van der Waals surface area (Å²) in [7, 11) is 0. The van der Waals surface area contributed by atoms with Crippen molar-refractivity contribution < 1.29 is 23.0 Å². The number of piperidine rings is 1. The molecule has 1 aliphatic rings. The lowest BCUT2D eigenvalue weighted by Gasteiger charge is -2.31. The molecule has 0 aromatic rings. The third-order valence-electron chi connectivity index (χ3n) is 2.93. The molecule has 0 aliphatic carbocycles. The molecule has 0 unspecified atom stereocenters. The van der Waals surface area contributed by atoms with E-state index < -0.39 is 13.0 Å². The predicted molar refractivity (Wildman–Crippen MR) is 67.7 cm³/mol. The number of rotatable bonds is 8. The second-order valence-electron chi connectivity index (χ2n) is 4.36. The summed E-state index contributed by atoms with van der Waals surface area (Å²) < 4.78 is 33.8. The van der Waals surface area contributed by atoms with Crippen molar-refractivity contribution in [1.29, 1.82) is 0 Å². The molecule has 0 atom stereocenters. The highest BCUT2D eigenvalue weighted by Gasteiger charge is 2.22. The lowest BCUT2D eigenvalue weighted by molar-refractivity contribution is -0.135. The summed E-state index contributed by atoms with van der Waals surface area (Å²) in [5.41, 5.74) is 0. The van der Waals surface area contributed by atoms with Crippen LogP contribution in [0.1, 0.15) is 19.3 Å². The van der Waals surface area contributed by atoms with Crippen LogP contribution in [-0.2, 0) is 14.3 Å². The van der Waals surface area contributed by atoms with Crippen molar-refractivity contribution in [2.24, 2.45) is 0 Å². The molecule has 0 saturated carbocycles. The third kappa shape index (κ3) is 7.03. The van der Waals surface area contributed by atoms with Crippen molar-refractivity contribution in [3.05, 3.63) is 0 Å². The maximum Gasteiger partial charge on any atom is 0.261 e. The smallest absolute Gasteiger partial charge is 0.261 e. The molecule has 1 fully saturated rings. The lowest BCUT2D eigenvalue weighted by Crippen LogP contribution is -2.41. The highest BCUT2D eigenvalue weighted by molar-refractivity contribution is 6.17. The zero-order valence-electron chi connectivity index (χ0n) is 10.8. The van der Waals surface area contributed by atoms with E-state index in [1.54, 1.807) is 4.90 Å². The van der Waals surface area contributed by atoms with Gasteiger partial charge in [0.1, 0.15) is 6.61 Å². The number of halogens is 3. The number of alkyl halides is 3. The van der Waals surface area contributed by atoms with E-state index in [2.05, 4.69) is 0 Å². The van der Waals surface area contributed by atoms with Crippen LogP contribution in [0.15, 0.2) is 0 Å². The Labute approximate surface area is 117 Å². The highest BCUT2D eigenvalue weighted by atomic mass is 35.5. The molecule has 0 radical (unpaired) electrons. The molecule has 0 N–H and O–H groups in total.